The fourth-order valence-electron chi connectivity index (χ4n) is 2.19. The normalized spacial score (nSPS) is 16.5. The van der Waals surface area contributed by atoms with Gasteiger partial charge in [-0.25, -0.2) is 0 Å². The van der Waals surface area contributed by atoms with Crippen molar-refractivity contribution in [1.29, 1.82) is 0 Å². The predicted octanol–water partition coefficient (Wildman–Crippen LogP) is 3.36. The van der Waals surface area contributed by atoms with E-state index in [1.54, 1.807) is 30.6 Å². The standard InChI is InChI=1S/C17H14N2O2S/c20-16-15(12-14-6-9-18-10-7-14)22-17(21)19(16)11-8-13-4-2-1-3-5-13/h1-7,9-10,12H,8,11H2/b15-12+. The van der Waals surface area contributed by atoms with Gasteiger partial charge in [-0.1, -0.05) is 30.3 Å². The van der Waals surface area contributed by atoms with E-state index in [9.17, 15) is 9.59 Å². The molecule has 0 N–H and O–H groups in total. The molecule has 0 aliphatic carbocycles. The average Bonchev–Trinajstić information content (AvgIpc) is 2.81. The van der Waals surface area contributed by atoms with Gasteiger partial charge in [0.05, 0.1) is 4.91 Å². The van der Waals surface area contributed by atoms with Crippen molar-refractivity contribution in [2.24, 2.45) is 0 Å². The third kappa shape index (κ3) is 3.26. The van der Waals surface area contributed by atoms with Crippen LogP contribution in [-0.2, 0) is 11.2 Å². The van der Waals surface area contributed by atoms with E-state index >= 15 is 0 Å². The Bertz CT molecular complexity index is 714. The van der Waals surface area contributed by atoms with Gasteiger partial charge in [-0.2, -0.15) is 0 Å². The van der Waals surface area contributed by atoms with Crippen LogP contribution in [0.25, 0.3) is 6.08 Å². The van der Waals surface area contributed by atoms with Crippen molar-refractivity contribution in [2.45, 2.75) is 6.42 Å². The number of imide groups is 1. The Morgan fingerprint density at radius 3 is 2.50 bits per heavy atom. The van der Waals surface area contributed by atoms with Crippen molar-refractivity contribution in [3.63, 3.8) is 0 Å². The Morgan fingerprint density at radius 2 is 1.77 bits per heavy atom. The topological polar surface area (TPSA) is 50.3 Å². The highest BCUT2D eigenvalue weighted by Crippen LogP contribution is 2.32. The number of thioether (sulfide) groups is 1. The largest absolute Gasteiger partial charge is 0.293 e. The first kappa shape index (κ1) is 14.5. The van der Waals surface area contributed by atoms with Crippen LogP contribution in [0.1, 0.15) is 11.1 Å². The van der Waals surface area contributed by atoms with E-state index in [1.807, 2.05) is 30.3 Å². The smallest absolute Gasteiger partial charge is 0.268 e. The van der Waals surface area contributed by atoms with Crippen molar-refractivity contribution in [3.05, 3.63) is 70.9 Å². The quantitative estimate of drug-likeness (QED) is 0.813. The van der Waals surface area contributed by atoms with Gasteiger partial charge in [-0.15, -0.1) is 0 Å². The summed E-state index contributed by atoms with van der Waals surface area (Å²) in [6.07, 6.45) is 5.72. The summed E-state index contributed by atoms with van der Waals surface area (Å²) in [5.41, 5.74) is 1.98. The van der Waals surface area contributed by atoms with Gasteiger partial charge < -0.3 is 0 Å². The Hall–Kier alpha value is -2.40. The molecule has 0 saturated carbocycles. The molecule has 1 fully saturated rings. The van der Waals surface area contributed by atoms with E-state index in [4.69, 9.17) is 0 Å². The number of pyridine rings is 1. The molecule has 0 atom stereocenters. The number of rotatable bonds is 4. The Balaban J connectivity index is 1.71. The highest BCUT2D eigenvalue weighted by molar-refractivity contribution is 8.18. The molecule has 2 heterocycles. The second-order valence-corrected chi connectivity index (χ2v) is 5.84. The maximum absolute atomic E-state index is 12.3. The van der Waals surface area contributed by atoms with Crippen molar-refractivity contribution in [3.8, 4) is 0 Å². The number of carbonyl (C=O) groups is 2. The average molecular weight is 310 g/mol. The minimum atomic E-state index is -0.220. The molecular formula is C17H14N2O2S. The minimum Gasteiger partial charge on any atom is -0.268 e. The summed E-state index contributed by atoms with van der Waals surface area (Å²) in [5, 5.41) is -0.207. The third-order valence-corrected chi connectivity index (χ3v) is 4.25. The first-order valence-electron chi connectivity index (χ1n) is 6.93. The zero-order valence-electron chi connectivity index (χ0n) is 11.8. The molecule has 0 spiro atoms. The van der Waals surface area contributed by atoms with Crippen LogP contribution < -0.4 is 0 Å². The Kier molecular flexibility index (Phi) is 4.34. The van der Waals surface area contributed by atoms with Gasteiger partial charge in [0.25, 0.3) is 11.1 Å². The van der Waals surface area contributed by atoms with Gasteiger partial charge in [0.1, 0.15) is 0 Å². The Morgan fingerprint density at radius 1 is 1.05 bits per heavy atom. The van der Waals surface area contributed by atoms with Crippen molar-refractivity contribution in [1.82, 2.24) is 9.88 Å². The SMILES string of the molecule is O=C1S/C(=C/c2ccncc2)C(=O)N1CCc1ccccc1. The molecule has 5 heteroatoms. The summed E-state index contributed by atoms with van der Waals surface area (Å²) in [6, 6.07) is 13.4. The molecule has 2 amide bonds. The van der Waals surface area contributed by atoms with E-state index < -0.39 is 0 Å². The molecule has 0 unspecified atom stereocenters. The van der Waals surface area contributed by atoms with Crippen LogP contribution in [0.3, 0.4) is 0 Å². The van der Waals surface area contributed by atoms with Crippen molar-refractivity contribution >= 4 is 29.0 Å². The lowest BCUT2D eigenvalue weighted by Crippen LogP contribution is -2.30. The number of benzene rings is 1. The molecule has 4 nitrogen and oxygen atoms in total. The van der Waals surface area contributed by atoms with Crippen LogP contribution in [0.15, 0.2) is 59.8 Å². The molecule has 1 aromatic carbocycles. The number of hydrogen-bond donors (Lipinski definition) is 0. The van der Waals surface area contributed by atoms with E-state index in [1.165, 1.54) is 4.90 Å². The van der Waals surface area contributed by atoms with E-state index in [0.29, 0.717) is 17.9 Å². The van der Waals surface area contributed by atoms with Crippen LogP contribution >= 0.6 is 11.8 Å². The van der Waals surface area contributed by atoms with Gasteiger partial charge in [0.15, 0.2) is 0 Å². The molecule has 22 heavy (non-hydrogen) atoms. The lowest BCUT2D eigenvalue weighted by molar-refractivity contribution is -0.122. The summed E-state index contributed by atoms with van der Waals surface area (Å²) < 4.78 is 0. The minimum absolute atomic E-state index is 0.207. The monoisotopic (exact) mass is 310 g/mol. The van der Waals surface area contributed by atoms with E-state index in [2.05, 4.69) is 4.98 Å². The van der Waals surface area contributed by atoms with Crippen LogP contribution in [-0.4, -0.2) is 27.6 Å². The van der Waals surface area contributed by atoms with Crippen LogP contribution in [0.4, 0.5) is 4.79 Å². The molecule has 1 saturated heterocycles. The van der Waals surface area contributed by atoms with E-state index in [-0.39, 0.29) is 11.1 Å². The fourth-order valence-corrected chi connectivity index (χ4v) is 3.05. The summed E-state index contributed by atoms with van der Waals surface area (Å²) in [5.74, 6) is -0.220. The molecule has 1 aliphatic heterocycles. The first-order valence-corrected chi connectivity index (χ1v) is 7.75. The summed E-state index contributed by atoms with van der Waals surface area (Å²) in [6.45, 7) is 0.405. The molecule has 0 bridgehead atoms. The summed E-state index contributed by atoms with van der Waals surface area (Å²) in [4.78, 5) is 30.1. The van der Waals surface area contributed by atoms with Crippen LogP contribution in [0, 0.1) is 0 Å². The highest BCUT2D eigenvalue weighted by atomic mass is 32.2. The number of carbonyl (C=O) groups excluding carboxylic acids is 2. The molecule has 1 aromatic heterocycles. The highest BCUT2D eigenvalue weighted by Gasteiger charge is 2.34. The van der Waals surface area contributed by atoms with Crippen LogP contribution in [0.2, 0.25) is 0 Å². The maximum Gasteiger partial charge on any atom is 0.293 e. The zero-order chi connectivity index (χ0) is 15.4. The van der Waals surface area contributed by atoms with Crippen LogP contribution in [0.5, 0.6) is 0 Å². The van der Waals surface area contributed by atoms with Crippen molar-refractivity contribution in [2.75, 3.05) is 6.54 Å². The fraction of sp³-hybridized carbons (Fsp3) is 0.118. The molecule has 3 rings (SSSR count). The molecular weight excluding hydrogens is 296 g/mol. The molecule has 2 aromatic rings. The number of hydrogen-bond acceptors (Lipinski definition) is 4. The zero-order valence-corrected chi connectivity index (χ0v) is 12.6. The first-order chi connectivity index (χ1) is 10.7. The number of nitrogens with zero attached hydrogens (tertiary/aromatic N) is 2. The van der Waals surface area contributed by atoms with Gasteiger partial charge in [-0.05, 0) is 47.5 Å². The van der Waals surface area contributed by atoms with Crippen molar-refractivity contribution < 1.29 is 9.59 Å². The Labute approximate surface area is 132 Å². The number of amides is 2. The molecule has 110 valence electrons. The van der Waals surface area contributed by atoms with E-state index in [0.717, 1.165) is 22.9 Å². The van der Waals surface area contributed by atoms with Gasteiger partial charge in [0.2, 0.25) is 0 Å². The molecule has 1 aliphatic rings. The number of aromatic nitrogens is 1. The summed E-state index contributed by atoms with van der Waals surface area (Å²) >= 11 is 0.990. The second-order valence-electron chi connectivity index (χ2n) is 4.85. The van der Waals surface area contributed by atoms with Gasteiger partial charge in [-0.3, -0.25) is 19.5 Å². The lowest BCUT2D eigenvalue weighted by Gasteiger charge is -2.12. The second kappa shape index (κ2) is 6.58. The maximum atomic E-state index is 12.3. The third-order valence-electron chi connectivity index (χ3n) is 3.34. The van der Waals surface area contributed by atoms with Gasteiger partial charge in [0, 0.05) is 18.9 Å². The summed E-state index contributed by atoms with van der Waals surface area (Å²) in [7, 11) is 0. The predicted molar refractivity (Wildman–Crippen MR) is 87.1 cm³/mol. The molecule has 0 radical (unpaired) electrons. The lowest BCUT2D eigenvalue weighted by atomic mass is 10.1. The van der Waals surface area contributed by atoms with Gasteiger partial charge >= 0.3 is 0 Å².